The highest BCUT2D eigenvalue weighted by Crippen LogP contribution is 2.21. The fraction of sp³-hybridized carbons (Fsp3) is 0.500. The number of benzene rings is 1. The van der Waals surface area contributed by atoms with Crippen molar-refractivity contribution in [2.45, 2.75) is 32.1 Å². The van der Waals surface area contributed by atoms with E-state index in [4.69, 9.17) is 4.74 Å². The van der Waals surface area contributed by atoms with Gasteiger partial charge in [-0.3, -0.25) is 4.79 Å². The smallest absolute Gasteiger partial charge is 0.160 e. The van der Waals surface area contributed by atoms with Gasteiger partial charge in [-0.2, -0.15) is 0 Å². The molecule has 0 unspecified atom stereocenters. The minimum absolute atomic E-state index is 0.301. The minimum atomic E-state index is 0.301. The van der Waals surface area contributed by atoms with E-state index in [0.717, 1.165) is 63.2 Å². The van der Waals surface area contributed by atoms with Crippen molar-refractivity contribution < 1.29 is 9.53 Å². The summed E-state index contributed by atoms with van der Waals surface area (Å²) in [6, 6.07) is 8.40. The Morgan fingerprint density at radius 3 is 2.50 bits per heavy atom. The van der Waals surface area contributed by atoms with E-state index in [-0.39, 0.29) is 0 Å². The summed E-state index contributed by atoms with van der Waals surface area (Å²) in [7, 11) is 0. The summed E-state index contributed by atoms with van der Waals surface area (Å²) in [6.45, 7) is 3.50. The van der Waals surface area contributed by atoms with Crippen molar-refractivity contribution in [3.8, 4) is 0 Å². The van der Waals surface area contributed by atoms with Crippen LogP contribution in [0.3, 0.4) is 0 Å². The zero-order valence-corrected chi connectivity index (χ0v) is 13.0. The average molecular weight is 300 g/mol. The fourth-order valence-corrected chi connectivity index (χ4v) is 2.99. The number of allylic oxidation sites excluding steroid dienone is 1. The second kappa shape index (κ2) is 7.45. The molecule has 1 saturated heterocycles. The first-order valence-corrected chi connectivity index (χ1v) is 8.24. The van der Waals surface area contributed by atoms with Gasteiger partial charge in [0.2, 0.25) is 0 Å². The highest BCUT2D eigenvalue weighted by Gasteiger charge is 2.13. The molecule has 3 rings (SSSR count). The van der Waals surface area contributed by atoms with Gasteiger partial charge in [0.1, 0.15) is 0 Å². The zero-order valence-electron chi connectivity index (χ0n) is 13.0. The molecule has 0 radical (unpaired) electrons. The van der Waals surface area contributed by atoms with Crippen molar-refractivity contribution in [3.63, 3.8) is 0 Å². The summed E-state index contributed by atoms with van der Waals surface area (Å²) in [5.41, 5.74) is 3.20. The molecule has 1 aliphatic heterocycles. The highest BCUT2D eigenvalue weighted by atomic mass is 16.5. The third kappa shape index (κ3) is 3.89. The van der Waals surface area contributed by atoms with Crippen LogP contribution in [-0.4, -0.2) is 32.1 Å². The van der Waals surface area contributed by atoms with Crippen molar-refractivity contribution in [2.24, 2.45) is 0 Å². The Kier molecular flexibility index (Phi) is 5.11. The normalized spacial score (nSPS) is 21.7. The van der Waals surface area contributed by atoms with E-state index < -0.39 is 0 Å². The maximum atomic E-state index is 12.0. The van der Waals surface area contributed by atoms with Crippen LogP contribution in [0.4, 0.5) is 11.4 Å². The van der Waals surface area contributed by atoms with Gasteiger partial charge < -0.3 is 15.0 Å². The monoisotopic (exact) mass is 300 g/mol. The molecule has 1 heterocycles. The molecule has 4 nitrogen and oxygen atoms in total. The molecule has 2 fully saturated rings. The average Bonchev–Trinajstić information content (AvgIpc) is 2.78. The van der Waals surface area contributed by atoms with Crippen molar-refractivity contribution in [1.82, 2.24) is 0 Å². The van der Waals surface area contributed by atoms with Crippen molar-refractivity contribution in [3.05, 3.63) is 36.0 Å². The van der Waals surface area contributed by atoms with Crippen LogP contribution in [0, 0.1) is 0 Å². The summed E-state index contributed by atoms with van der Waals surface area (Å²) in [5, 5.41) is 3.28. The van der Waals surface area contributed by atoms with Crippen LogP contribution < -0.4 is 10.2 Å². The molecule has 0 amide bonds. The first-order valence-electron chi connectivity index (χ1n) is 8.24. The highest BCUT2D eigenvalue weighted by molar-refractivity contribution is 5.95. The second-order valence-electron chi connectivity index (χ2n) is 5.94. The Labute approximate surface area is 132 Å². The van der Waals surface area contributed by atoms with E-state index in [2.05, 4.69) is 34.5 Å². The van der Waals surface area contributed by atoms with Gasteiger partial charge in [0.15, 0.2) is 5.78 Å². The third-order valence-corrected chi connectivity index (χ3v) is 4.36. The molecule has 1 aliphatic carbocycles. The van der Waals surface area contributed by atoms with Gasteiger partial charge in [-0.05, 0) is 43.5 Å². The lowest BCUT2D eigenvalue weighted by atomic mass is 10.1. The first-order chi connectivity index (χ1) is 10.8. The van der Waals surface area contributed by atoms with Crippen molar-refractivity contribution in [2.75, 3.05) is 36.5 Å². The molecular weight excluding hydrogens is 276 g/mol. The lowest BCUT2D eigenvalue weighted by molar-refractivity contribution is -0.115. The number of Topliss-reactive ketones (excluding diaryl/α,β-unsaturated/α-hetero) is 1. The largest absolute Gasteiger partial charge is 0.378 e. The van der Waals surface area contributed by atoms with Gasteiger partial charge >= 0.3 is 0 Å². The quantitative estimate of drug-likeness (QED) is 0.686. The molecule has 0 aromatic heterocycles. The Morgan fingerprint density at radius 2 is 1.73 bits per heavy atom. The van der Waals surface area contributed by atoms with Crippen LogP contribution in [0.2, 0.25) is 0 Å². The topological polar surface area (TPSA) is 41.6 Å². The number of carbonyl (C=O) groups is 1. The molecule has 1 N–H and O–H groups in total. The molecule has 22 heavy (non-hydrogen) atoms. The maximum absolute atomic E-state index is 12.0. The number of nitrogens with zero attached hydrogens (tertiary/aromatic N) is 1. The van der Waals surface area contributed by atoms with Crippen LogP contribution in [0.25, 0.3) is 0 Å². The molecule has 4 heteroatoms. The number of ether oxygens (including phenoxy) is 1. The van der Waals surface area contributed by atoms with Crippen molar-refractivity contribution >= 4 is 17.2 Å². The molecule has 118 valence electrons. The van der Waals surface area contributed by atoms with Crippen molar-refractivity contribution in [1.29, 1.82) is 0 Å². The predicted octanol–water partition coefficient (Wildman–Crippen LogP) is 3.35. The fourth-order valence-electron chi connectivity index (χ4n) is 2.99. The third-order valence-electron chi connectivity index (χ3n) is 4.36. The molecule has 1 saturated carbocycles. The zero-order chi connectivity index (χ0) is 15.2. The molecule has 0 atom stereocenters. The number of rotatable bonds is 3. The molecular formula is C18H24N2O2. The van der Waals surface area contributed by atoms with E-state index in [1.807, 2.05) is 6.20 Å². The van der Waals surface area contributed by atoms with Crippen LogP contribution >= 0.6 is 0 Å². The number of hydrogen-bond acceptors (Lipinski definition) is 4. The van der Waals surface area contributed by atoms with Crippen LogP contribution in [0.15, 0.2) is 36.0 Å². The van der Waals surface area contributed by atoms with E-state index >= 15 is 0 Å². The van der Waals surface area contributed by atoms with Gasteiger partial charge in [-0.15, -0.1) is 0 Å². The van der Waals surface area contributed by atoms with Gasteiger partial charge in [-0.25, -0.2) is 0 Å². The molecule has 0 bridgehead atoms. The number of carbonyl (C=O) groups excluding carboxylic acids is 1. The van der Waals surface area contributed by atoms with E-state index in [1.54, 1.807) is 0 Å². The van der Waals surface area contributed by atoms with E-state index in [1.165, 1.54) is 5.69 Å². The SMILES string of the molecule is O=C1CCCCC/C1=C\Nc1ccc(N2CCOCC2)cc1. The summed E-state index contributed by atoms with van der Waals surface area (Å²) in [4.78, 5) is 14.3. The molecule has 1 aromatic rings. The number of morpholine rings is 1. The van der Waals surface area contributed by atoms with Crippen LogP contribution in [-0.2, 0) is 9.53 Å². The maximum Gasteiger partial charge on any atom is 0.160 e. The van der Waals surface area contributed by atoms with Gasteiger partial charge in [0.05, 0.1) is 13.2 Å². The Hall–Kier alpha value is -1.81. The van der Waals surface area contributed by atoms with E-state index in [0.29, 0.717) is 12.2 Å². The number of anilines is 2. The lowest BCUT2D eigenvalue weighted by Crippen LogP contribution is -2.36. The van der Waals surface area contributed by atoms with Gasteiger partial charge in [0.25, 0.3) is 0 Å². The van der Waals surface area contributed by atoms with E-state index in [9.17, 15) is 4.79 Å². The second-order valence-corrected chi connectivity index (χ2v) is 5.94. The Bertz CT molecular complexity index is 531. The molecule has 1 aromatic carbocycles. The Balaban J connectivity index is 1.61. The minimum Gasteiger partial charge on any atom is -0.378 e. The van der Waals surface area contributed by atoms with Crippen LogP contribution in [0.5, 0.6) is 0 Å². The Morgan fingerprint density at radius 1 is 1.00 bits per heavy atom. The summed E-state index contributed by atoms with van der Waals surface area (Å²) in [5.74, 6) is 0.301. The summed E-state index contributed by atoms with van der Waals surface area (Å²) >= 11 is 0. The molecule has 0 spiro atoms. The summed E-state index contributed by atoms with van der Waals surface area (Å²) in [6.07, 6.45) is 6.82. The number of nitrogens with one attached hydrogen (secondary N) is 1. The standard InChI is InChI=1S/C18H24N2O2/c21-18-5-3-1-2-4-15(18)14-19-16-6-8-17(9-7-16)20-10-12-22-13-11-20/h6-9,14,19H,1-5,10-13H2/b15-14+. The molecule has 2 aliphatic rings. The van der Waals surface area contributed by atoms with Gasteiger partial charge in [-0.1, -0.05) is 6.42 Å². The predicted molar refractivity (Wildman–Crippen MR) is 89.3 cm³/mol. The van der Waals surface area contributed by atoms with Gasteiger partial charge in [0, 0.05) is 42.7 Å². The first kappa shape index (κ1) is 15.1. The number of ketones is 1. The van der Waals surface area contributed by atoms with Crippen LogP contribution in [0.1, 0.15) is 32.1 Å². The summed E-state index contributed by atoms with van der Waals surface area (Å²) < 4.78 is 5.38. The number of hydrogen-bond donors (Lipinski definition) is 1. The lowest BCUT2D eigenvalue weighted by Gasteiger charge is -2.28.